The number of rotatable bonds is 6. The predicted octanol–water partition coefficient (Wildman–Crippen LogP) is 4.66. The number of carbonyl (C=O) groups is 2. The molecule has 0 aromatic heterocycles. The first-order valence-electron chi connectivity index (χ1n) is 8.81. The summed E-state index contributed by atoms with van der Waals surface area (Å²) in [6.45, 7) is 1.86. The maximum absolute atomic E-state index is 12.1. The van der Waals surface area contributed by atoms with E-state index < -0.39 is 0 Å². The number of carbonyl (C=O) groups excluding carboxylic acids is 2. The number of hydrogen-bond donors (Lipinski definition) is 3. The van der Waals surface area contributed by atoms with E-state index in [0.717, 1.165) is 5.56 Å². The number of anilines is 3. The molecule has 3 N–H and O–H groups in total. The van der Waals surface area contributed by atoms with Crippen LogP contribution in [0.2, 0.25) is 0 Å². The van der Waals surface area contributed by atoms with Crippen LogP contribution in [0.25, 0.3) is 0 Å². The van der Waals surface area contributed by atoms with E-state index in [1.807, 2.05) is 43.3 Å². The van der Waals surface area contributed by atoms with Crippen molar-refractivity contribution in [1.29, 1.82) is 0 Å². The van der Waals surface area contributed by atoms with Gasteiger partial charge in [-0.2, -0.15) is 0 Å². The van der Waals surface area contributed by atoms with Crippen molar-refractivity contribution in [3.8, 4) is 5.75 Å². The van der Waals surface area contributed by atoms with Gasteiger partial charge in [-0.25, -0.2) is 4.79 Å². The van der Waals surface area contributed by atoms with Gasteiger partial charge < -0.3 is 20.7 Å². The molecular formula is C22H21N3O3. The molecule has 0 aliphatic heterocycles. The van der Waals surface area contributed by atoms with E-state index in [-0.39, 0.29) is 18.5 Å². The van der Waals surface area contributed by atoms with E-state index >= 15 is 0 Å². The Kier molecular flexibility index (Phi) is 6.25. The first kappa shape index (κ1) is 19.0. The van der Waals surface area contributed by atoms with Crippen LogP contribution in [-0.2, 0) is 4.79 Å². The Morgan fingerprint density at radius 3 is 2.14 bits per heavy atom. The summed E-state index contributed by atoms with van der Waals surface area (Å²) < 4.78 is 5.49. The van der Waals surface area contributed by atoms with Crippen LogP contribution in [0.15, 0.2) is 78.9 Å². The van der Waals surface area contributed by atoms with Crippen LogP contribution in [0.1, 0.15) is 5.56 Å². The van der Waals surface area contributed by atoms with E-state index in [1.165, 1.54) is 0 Å². The molecule has 0 aliphatic carbocycles. The highest BCUT2D eigenvalue weighted by Crippen LogP contribution is 2.16. The van der Waals surface area contributed by atoms with Gasteiger partial charge in [0.05, 0.1) is 0 Å². The van der Waals surface area contributed by atoms with Crippen LogP contribution in [-0.4, -0.2) is 18.5 Å². The van der Waals surface area contributed by atoms with Crippen molar-refractivity contribution in [1.82, 2.24) is 0 Å². The first-order chi connectivity index (χ1) is 13.6. The standard InChI is InChI=1S/C22H21N3O3/c1-16-7-5-12-20(13-16)28-15-21(26)23-18-10-6-11-19(14-18)25-22(27)24-17-8-3-2-4-9-17/h2-14H,15H2,1H3,(H,23,26)(H2,24,25,27). The van der Waals surface area contributed by atoms with Gasteiger partial charge in [0.2, 0.25) is 0 Å². The second-order valence-corrected chi connectivity index (χ2v) is 6.18. The topological polar surface area (TPSA) is 79.5 Å². The normalized spacial score (nSPS) is 10.0. The molecule has 0 saturated heterocycles. The summed E-state index contributed by atoms with van der Waals surface area (Å²) in [5.74, 6) is 0.357. The van der Waals surface area contributed by atoms with Gasteiger partial charge in [0.15, 0.2) is 6.61 Å². The molecule has 0 bridgehead atoms. The molecule has 0 saturated carbocycles. The fraction of sp³-hybridized carbons (Fsp3) is 0.0909. The van der Waals surface area contributed by atoms with Crippen LogP contribution in [0.5, 0.6) is 5.75 Å². The lowest BCUT2D eigenvalue weighted by molar-refractivity contribution is -0.118. The number of hydrogen-bond acceptors (Lipinski definition) is 3. The fourth-order valence-corrected chi connectivity index (χ4v) is 2.54. The van der Waals surface area contributed by atoms with Gasteiger partial charge in [-0.05, 0) is 55.0 Å². The highest BCUT2D eigenvalue weighted by molar-refractivity contribution is 6.00. The maximum Gasteiger partial charge on any atom is 0.323 e. The van der Waals surface area contributed by atoms with Gasteiger partial charge in [-0.1, -0.05) is 36.4 Å². The van der Waals surface area contributed by atoms with Crippen molar-refractivity contribution in [2.24, 2.45) is 0 Å². The number of amides is 3. The van der Waals surface area contributed by atoms with Crippen molar-refractivity contribution in [2.75, 3.05) is 22.6 Å². The molecule has 0 heterocycles. The number of urea groups is 1. The van der Waals surface area contributed by atoms with Crippen molar-refractivity contribution in [3.63, 3.8) is 0 Å². The monoisotopic (exact) mass is 375 g/mol. The van der Waals surface area contributed by atoms with E-state index in [2.05, 4.69) is 16.0 Å². The molecule has 0 spiro atoms. The largest absolute Gasteiger partial charge is 0.484 e. The summed E-state index contributed by atoms with van der Waals surface area (Å²) in [5, 5.41) is 8.23. The molecular weight excluding hydrogens is 354 g/mol. The molecule has 3 aromatic carbocycles. The lowest BCUT2D eigenvalue weighted by atomic mass is 10.2. The van der Waals surface area contributed by atoms with E-state index in [9.17, 15) is 9.59 Å². The predicted molar refractivity (Wildman–Crippen MR) is 111 cm³/mol. The Bertz CT molecular complexity index is 958. The van der Waals surface area contributed by atoms with Crippen LogP contribution >= 0.6 is 0 Å². The third-order valence-electron chi connectivity index (χ3n) is 3.80. The van der Waals surface area contributed by atoms with Gasteiger partial charge in [-0.15, -0.1) is 0 Å². The average molecular weight is 375 g/mol. The minimum atomic E-state index is -0.363. The van der Waals surface area contributed by atoms with Gasteiger partial charge >= 0.3 is 6.03 Å². The highest BCUT2D eigenvalue weighted by Gasteiger charge is 2.06. The summed E-state index contributed by atoms with van der Waals surface area (Å²) in [7, 11) is 0. The van der Waals surface area contributed by atoms with E-state index in [0.29, 0.717) is 22.8 Å². The number of nitrogens with one attached hydrogen (secondary N) is 3. The molecule has 3 amide bonds. The second-order valence-electron chi connectivity index (χ2n) is 6.18. The molecule has 0 fully saturated rings. The summed E-state index contributed by atoms with van der Waals surface area (Å²) in [4.78, 5) is 24.2. The number of benzene rings is 3. The average Bonchev–Trinajstić information content (AvgIpc) is 2.67. The van der Waals surface area contributed by atoms with Gasteiger partial charge in [-0.3, -0.25) is 4.79 Å². The molecule has 0 atom stereocenters. The lowest BCUT2D eigenvalue weighted by Crippen LogP contribution is -2.21. The number of ether oxygens (including phenoxy) is 1. The molecule has 6 heteroatoms. The van der Waals surface area contributed by atoms with Crippen LogP contribution < -0.4 is 20.7 Å². The zero-order valence-electron chi connectivity index (χ0n) is 15.4. The third-order valence-corrected chi connectivity index (χ3v) is 3.80. The number of aryl methyl sites for hydroxylation is 1. The Labute approximate surface area is 163 Å². The zero-order valence-corrected chi connectivity index (χ0v) is 15.4. The Hall–Kier alpha value is -3.80. The molecule has 6 nitrogen and oxygen atoms in total. The van der Waals surface area contributed by atoms with Crippen molar-refractivity contribution in [2.45, 2.75) is 6.92 Å². The van der Waals surface area contributed by atoms with Crippen LogP contribution in [0.3, 0.4) is 0 Å². The second kappa shape index (κ2) is 9.23. The summed E-state index contributed by atoms with van der Waals surface area (Å²) in [6.07, 6.45) is 0. The van der Waals surface area contributed by atoms with E-state index in [4.69, 9.17) is 4.74 Å². The molecule has 142 valence electrons. The minimum Gasteiger partial charge on any atom is -0.484 e. The minimum absolute atomic E-state index is 0.102. The smallest absolute Gasteiger partial charge is 0.323 e. The Morgan fingerprint density at radius 2 is 1.39 bits per heavy atom. The fourth-order valence-electron chi connectivity index (χ4n) is 2.54. The Morgan fingerprint density at radius 1 is 0.750 bits per heavy atom. The maximum atomic E-state index is 12.1. The van der Waals surface area contributed by atoms with Crippen molar-refractivity contribution >= 4 is 29.0 Å². The molecule has 0 radical (unpaired) electrons. The molecule has 28 heavy (non-hydrogen) atoms. The van der Waals surface area contributed by atoms with Crippen LogP contribution in [0.4, 0.5) is 21.9 Å². The van der Waals surface area contributed by atoms with Gasteiger partial charge in [0.1, 0.15) is 5.75 Å². The molecule has 0 unspecified atom stereocenters. The quantitative estimate of drug-likeness (QED) is 0.586. The van der Waals surface area contributed by atoms with E-state index in [1.54, 1.807) is 42.5 Å². The molecule has 3 aromatic rings. The molecule has 0 aliphatic rings. The SMILES string of the molecule is Cc1cccc(OCC(=O)Nc2cccc(NC(=O)Nc3ccccc3)c2)c1. The van der Waals surface area contributed by atoms with Crippen molar-refractivity contribution in [3.05, 3.63) is 84.4 Å². The summed E-state index contributed by atoms with van der Waals surface area (Å²) >= 11 is 0. The summed E-state index contributed by atoms with van der Waals surface area (Å²) in [6, 6.07) is 23.2. The highest BCUT2D eigenvalue weighted by atomic mass is 16.5. The number of para-hydroxylation sites is 1. The van der Waals surface area contributed by atoms with Gasteiger partial charge in [0.25, 0.3) is 5.91 Å². The third kappa shape index (κ3) is 5.88. The first-order valence-corrected chi connectivity index (χ1v) is 8.81. The lowest BCUT2D eigenvalue weighted by Gasteiger charge is -2.11. The van der Waals surface area contributed by atoms with Crippen LogP contribution in [0, 0.1) is 6.92 Å². The Balaban J connectivity index is 1.52. The molecule has 3 rings (SSSR count). The zero-order chi connectivity index (χ0) is 19.8. The van der Waals surface area contributed by atoms with Gasteiger partial charge in [0, 0.05) is 17.1 Å². The van der Waals surface area contributed by atoms with Crippen molar-refractivity contribution < 1.29 is 14.3 Å². The summed E-state index contributed by atoms with van der Waals surface area (Å²) in [5.41, 5.74) is 2.88.